The van der Waals surface area contributed by atoms with Crippen molar-refractivity contribution in [2.24, 2.45) is 0 Å². The lowest BCUT2D eigenvalue weighted by molar-refractivity contribution is -0.117. The van der Waals surface area contributed by atoms with Crippen LogP contribution in [0.2, 0.25) is 5.15 Å². The van der Waals surface area contributed by atoms with Crippen LogP contribution in [0.1, 0.15) is 6.42 Å². The standard InChI is InChI=1S/C16H15ClN4O2/c17-14-8-11(6-7-18-14)19-16(23)20-12-9-15(22)21(10-12)13-4-2-1-3-5-13/h1-8,12H,9-10H2,(H2,18,19,20,23). The van der Waals surface area contributed by atoms with Crippen LogP contribution in [0, 0.1) is 0 Å². The molecule has 118 valence electrons. The van der Waals surface area contributed by atoms with E-state index in [4.69, 9.17) is 11.6 Å². The Morgan fingerprint density at radius 1 is 1.26 bits per heavy atom. The molecule has 0 spiro atoms. The van der Waals surface area contributed by atoms with Crippen LogP contribution in [0.25, 0.3) is 0 Å². The van der Waals surface area contributed by atoms with Crippen molar-refractivity contribution >= 4 is 34.9 Å². The van der Waals surface area contributed by atoms with Crippen LogP contribution in [-0.4, -0.2) is 29.5 Å². The number of anilines is 2. The Bertz CT molecular complexity index is 723. The smallest absolute Gasteiger partial charge is 0.319 e. The minimum atomic E-state index is -0.375. The van der Waals surface area contributed by atoms with Gasteiger partial charge in [-0.05, 0) is 24.3 Å². The van der Waals surface area contributed by atoms with Gasteiger partial charge in [-0.2, -0.15) is 0 Å². The summed E-state index contributed by atoms with van der Waals surface area (Å²) in [6.45, 7) is 0.452. The average Bonchev–Trinajstić information content (AvgIpc) is 2.88. The van der Waals surface area contributed by atoms with E-state index < -0.39 is 0 Å². The summed E-state index contributed by atoms with van der Waals surface area (Å²) < 4.78 is 0. The Labute approximate surface area is 138 Å². The van der Waals surface area contributed by atoms with E-state index in [1.807, 2.05) is 30.3 Å². The van der Waals surface area contributed by atoms with Crippen LogP contribution in [-0.2, 0) is 4.79 Å². The summed E-state index contributed by atoms with van der Waals surface area (Å²) in [5.41, 5.74) is 1.38. The van der Waals surface area contributed by atoms with Gasteiger partial charge in [0.25, 0.3) is 0 Å². The molecule has 1 aromatic heterocycles. The average molecular weight is 331 g/mol. The Hall–Kier alpha value is -2.60. The van der Waals surface area contributed by atoms with E-state index in [9.17, 15) is 9.59 Å². The van der Waals surface area contributed by atoms with Crippen molar-refractivity contribution < 1.29 is 9.59 Å². The van der Waals surface area contributed by atoms with Gasteiger partial charge in [0, 0.05) is 30.5 Å². The fraction of sp³-hybridized carbons (Fsp3) is 0.188. The highest BCUT2D eigenvalue weighted by Gasteiger charge is 2.31. The third-order valence-electron chi connectivity index (χ3n) is 3.51. The molecule has 0 saturated carbocycles. The van der Waals surface area contributed by atoms with Crippen molar-refractivity contribution in [1.82, 2.24) is 10.3 Å². The zero-order chi connectivity index (χ0) is 16.2. The first-order chi connectivity index (χ1) is 11.1. The number of hydrogen-bond acceptors (Lipinski definition) is 3. The molecule has 0 bridgehead atoms. The maximum absolute atomic E-state index is 12.1. The molecule has 1 aromatic carbocycles. The molecule has 1 aliphatic heterocycles. The first-order valence-corrected chi connectivity index (χ1v) is 7.54. The van der Waals surface area contributed by atoms with Crippen LogP contribution < -0.4 is 15.5 Å². The number of rotatable bonds is 3. The van der Waals surface area contributed by atoms with Crippen LogP contribution >= 0.6 is 11.6 Å². The van der Waals surface area contributed by atoms with Crippen molar-refractivity contribution in [1.29, 1.82) is 0 Å². The molecule has 6 nitrogen and oxygen atoms in total. The summed E-state index contributed by atoms with van der Waals surface area (Å²) in [6.07, 6.45) is 1.79. The minimum absolute atomic E-state index is 0.00606. The number of aromatic nitrogens is 1. The largest absolute Gasteiger partial charge is 0.333 e. The number of nitrogens with zero attached hydrogens (tertiary/aromatic N) is 2. The van der Waals surface area contributed by atoms with Crippen molar-refractivity contribution in [2.75, 3.05) is 16.8 Å². The van der Waals surface area contributed by atoms with E-state index in [1.54, 1.807) is 17.0 Å². The molecule has 0 radical (unpaired) electrons. The van der Waals surface area contributed by atoms with Gasteiger partial charge in [-0.3, -0.25) is 4.79 Å². The molecule has 3 rings (SSSR count). The van der Waals surface area contributed by atoms with E-state index in [1.165, 1.54) is 6.20 Å². The number of urea groups is 1. The Morgan fingerprint density at radius 2 is 2.04 bits per heavy atom. The second-order valence-corrected chi connectivity index (χ2v) is 5.59. The van der Waals surface area contributed by atoms with Gasteiger partial charge in [-0.25, -0.2) is 9.78 Å². The van der Waals surface area contributed by atoms with Crippen LogP contribution in [0.3, 0.4) is 0 Å². The number of benzene rings is 1. The van der Waals surface area contributed by atoms with E-state index in [0.29, 0.717) is 17.4 Å². The zero-order valence-electron chi connectivity index (χ0n) is 12.2. The molecule has 2 aromatic rings. The molecule has 2 heterocycles. The number of hydrogen-bond donors (Lipinski definition) is 2. The molecule has 1 atom stereocenters. The van der Waals surface area contributed by atoms with Gasteiger partial charge in [0.1, 0.15) is 5.15 Å². The topological polar surface area (TPSA) is 74.3 Å². The summed E-state index contributed by atoms with van der Waals surface area (Å²) in [7, 11) is 0. The number of amides is 3. The summed E-state index contributed by atoms with van der Waals surface area (Å²) in [6, 6.07) is 12.0. The van der Waals surface area contributed by atoms with Gasteiger partial charge in [0.05, 0.1) is 6.04 Å². The van der Waals surface area contributed by atoms with Crippen molar-refractivity contribution in [3.05, 3.63) is 53.8 Å². The van der Waals surface area contributed by atoms with E-state index in [2.05, 4.69) is 15.6 Å². The molecule has 23 heavy (non-hydrogen) atoms. The number of nitrogens with one attached hydrogen (secondary N) is 2. The third kappa shape index (κ3) is 3.78. The number of carbonyl (C=O) groups excluding carboxylic acids is 2. The predicted octanol–water partition coefficient (Wildman–Crippen LogP) is 2.66. The Kier molecular flexibility index (Phi) is 4.43. The lowest BCUT2D eigenvalue weighted by Gasteiger charge is -2.17. The molecule has 1 aliphatic rings. The lowest BCUT2D eigenvalue weighted by atomic mass is 10.2. The van der Waals surface area contributed by atoms with Crippen LogP contribution in [0.4, 0.5) is 16.2 Å². The second kappa shape index (κ2) is 6.66. The molecule has 1 fully saturated rings. The number of para-hydroxylation sites is 1. The lowest BCUT2D eigenvalue weighted by Crippen LogP contribution is -2.39. The minimum Gasteiger partial charge on any atom is -0.333 e. The fourth-order valence-electron chi connectivity index (χ4n) is 2.49. The predicted molar refractivity (Wildman–Crippen MR) is 88.6 cm³/mol. The molecule has 2 N–H and O–H groups in total. The summed E-state index contributed by atoms with van der Waals surface area (Å²) in [5.74, 6) is -0.00606. The Morgan fingerprint density at radius 3 is 2.78 bits per heavy atom. The van der Waals surface area contributed by atoms with Gasteiger partial charge in [0.2, 0.25) is 5.91 Å². The van der Waals surface area contributed by atoms with E-state index in [-0.39, 0.29) is 24.4 Å². The van der Waals surface area contributed by atoms with E-state index in [0.717, 1.165) is 5.69 Å². The molecular formula is C16H15ClN4O2. The second-order valence-electron chi connectivity index (χ2n) is 5.21. The third-order valence-corrected chi connectivity index (χ3v) is 3.72. The van der Waals surface area contributed by atoms with Gasteiger partial charge >= 0.3 is 6.03 Å². The summed E-state index contributed by atoms with van der Waals surface area (Å²) >= 11 is 5.77. The van der Waals surface area contributed by atoms with Gasteiger partial charge in [-0.1, -0.05) is 29.8 Å². The molecular weight excluding hydrogens is 316 g/mol. The molecule has 1 saturated heterocycles. The SMILES string of the molecule is O=C(Nc1ccnc(Cl)c1)NC1CC(=O)N(c2ccccc2)C1. The van der Waals surface area contributed by atoms with E-state index >= 15 is 0 Å². The van der Waals surface area contributed by atoms with Crippen molar-refractivity contribution in [3.63, 3.8) is 0 Å². The highest BCUT2D eigenvalue weighted by molar-refractivity contribution is 6.29. The van der Waals surface area contributed by atoms with Crippen LogP contribution in [0.15, 0.2) is 48.7 Å². The normalized spacial score (nSPS) is 17.2. The maximum atomic E-state index is 12.1. The molecule has 7 heteroatoms. The number of carbonyl (C=O) groups is 2. The molecule has 0 aliphatic carbocycles. The zero-order valence-corrected chi connectivity index (χ0v) is 13.0. The Balaban J connectivity index is 1.59. The highest BCUT2D eigenvalue weighted by atomic mass is 35.5. The summed E-state index contributed by atoms with van der Waals surface area (Å²) in [4.78, 5) is 29.6. The molecule has 1 unspecified atom stereocenters. The maximum Gasteiger partial charge on any atom is 0.319 e. The van der Waals surface area contributed by atoms with Crippen molar-refractivity contribution in [3.8, 4) is 0 Å². The number of pyridine rings is 1. The monoisotopic (exact) mass is 330 g/mol. The van der Waals surface area contributed by atoms with Gasteiger partial charge < -0.3 is 15.5 Å². The first kappa shape index (κ1) is 15.3. The summed E-state index contributed by atoms with van der Waals surface area (Å²) in [5, 5.41) is 5.78. The fourth-order valence-corrected chi connectivity index (χ4v) is 2.67. The quantitative estimate of drug-likeness (QED) is 0.850. The highest BCUT2D eigenvalue weighted by Crippen LogP contribution is 2.21. The molecule has 3 amide bonds. The van der Waals surface area contributed by atoms with Crippen LogP contribution in [0.5, 0.6) is 0 Å². The van der Waals surface area contributed by atoms with Gasteiger partial charge in [0.15, 0.2) is 0 Å². The van der Waals surface area contributed by atoms with Gasteiger partial charge in [-0.15, -0.1) is 0 Å². The number of halogens is 1. The first-order valence-electron chi connectivity index (χ1n) is 7.16. The van der Waals surface area contributed by atoms with Crippen molar-refractivity contribution in [2.45, 2.75) is 12.5 Å².